The van der Waals surface area contributed by atoms with Crippen molar-refractivity contribution in [2.45, 2.75) is 58.6 Å². The van der Waals surface area contributed by atoms with E-state index in [-0.39, 0.29) is 29.6 Å². The molecule has 194 valence electrons. The number of terminal acetylenes is 1. The van der Waals surface area contributed by atoms with Crippen molar-refractivity contribution in [1.29, 1.82) is 5.41 Å². The lowest BCUT2D eigenvalue weighted by Gasteiger charge is -2.38. The summed E-state index contributed by atoms with van der Waals surface area (Å²) >= 11 is 0. The number of anilines is 1. The first kappa shape index (κ1) is 27.7. The van der Waals surface area contributed by atoms with Gasteiger partial charge in [-0.05, 0) is 62.6 Å². The monoisotopic (exact) mass is 501 g/mol. The molecule has 1 unspecified atom stereocenters. The maximum absolute atomic E-state index is 13.6. The Balaban J connectivity index is 1.75. The van der Waals surface area contributed by atoms with Crippen molar-refractivity contribution in [3.05, 3.63) is 83.2 Å². The summed E-state index contributed by atoms with van der Waals surface area (Å²) in [6, 6.07) is 13.3. The minimum Gasteiger partial charge on any atom is -0.484 e. The van der Waals surface area contributed by atoms with Crippen LogP contribution < -0.4 is 15.4 Å². The summed E-state index contributed by atoms with van der Waals surface area (Å²) in [5.41, 5.74) is 3.13. The third-order valence-corrected chi connectivity index (χ3v) is 6.73. The molecule has 1 aliphatic rings. The SMILES string of the molecule is C#CC/C=C(F)\C=C/CNc1ccc(O[C@H](c2cccc(C)c2)C(C)NC(=O)C2(C)CCC2)cc1C=N. The Kier molecular flexibility index (Phi) is 9.68. The molecule has 0 aliphatic heterocycles. The molecule has 2 aromatic rings. The van der Waals surface area contributed by atoms with Gasteiger partial charge in [0.2, 0.25) is 5.91 Å². The van der Waals surface area contributed by atoms with Crippen LogP contribution >= 0.6 is 0 Å². The molecular weight excluding hydrogens is 465 g/mol. The summed E-state index contributed by atoms with van der Waals surface area (Å²) in [7, 11) is 0. The number of ether oxygens (including phenoxy) is 1. The molecule has 1 saturated carbocycles. The van der Waals surface area contributed by atoms with Gasteiger partial charge in [0, 0.05) is 35.8 Å². The number of amides is 1. The average Bonchev–Trinajstić information content (AvgIpc) is 2.87. The topological polar surface area (TPSA) is 74.2 Å². The van der Waals surface area contributed by atoms with Gasteiger partial charge in [0.25, 0.3) is 0 Å². The summed E-state index contributed by atoms with van der Waals surface area (Å²) in [5.74, 6) is 2.63. The molecule has 0 spiro atoms. The molecule has 1 amide bonds. The quantitative estimate of drug-likeness (QED) is 0.173. The van der Waals surface area contributed by atoms with E-state index < -0.39 is 6.10 Å². The highest BCUT2D eigenvalue weighted by Gasteiger charge is 2.40. The van der Waals surface area contributed by atoms with Crippen LogP contribution in [-0.4, -0.2) is 24.7 Å². The van der Waals surface area contributed by atoms with Crippen LogP contribution in [0.1, 0.15) is 62.3 Å². The Hall–Kier alpha value is -3.85. The first-order valence-electron chi connectivity index (χ1n) is 12.6. The van der Waals surface area contributed by atoms with Crippen LogP contribution in [0, 0.1) is 30.1 Å². The first-order valence-corrected chi connectivity index (χ1v) is 12.6. The first-order chi connectivity index (χ1) is 17.8. The molecule has 3 rings (SSSR count). The van der Waals surface area contributed by atoms with Gasteiger partial charge in [-0.2, -0.15) is 0 Å². The van der Waals surface area contributed by atoms with E-state index in [1.165, 1.54) is 18.4 Å². The molecule has 6 heteroatoms. The van der Waals surface area contributed by atoms with Crippen LogP contribution in [0.15, 0.2) is 66.5 Å². The molecule has 0 bridgehead atoms. The molecule has 37 heavy (non-hydrogen) atoms. The number of carbonyl (C=O) groups is 1. The standard InChI is InChI=1S/C31H36FN3O2/c1-5-6-12-26(32)13-8-18-34-28-15-14-27(20-25(28)21-33)37-29(24-11-7-10-22(2)19-24)23(3)35-30(36)31(4)16-9-17-31/h1,7-8,10-15,19-21,23,29,33-34H,6,9,16-18H2,2-4H3,(H,35,36)/b13-8-,26-12+,33-21?/t23?,29-/m0/s1. The van der Waals surface area contributed by atoms with Crippen molar-refractivity contribution in [3.63, 3.8) is 0 Å². The molecule has 0 radical (unpaired) electrons. The Morgan fingerprint density at radius 3 is 2.73 bits per heavy atom. The van der Waals surface area contributed by atoms with Gasteiger partial charge in [0.1, 0.15) is 17.7 Å². The van der Waals surface area contributed by atoms with E-state index >= 15 is 0 Å². The number of benzene rings is 2. The number of nitrogens with one attached hydrogen (secondary N) is 3. The van der Waals surface area contributed by atoms with Gasteiger partial charge in [-0.3, -0.25) is 4.79 Å². The number of rotatable bonds is 12. The van der Waals surface area contributed by atoms with Crippen LogP contribution in [0.5, 0.6) is 5.75 Å². The van der Waals surface area contributed by atoms with Gasteiger partial charge in [-0.25, -0.2) is 4.39 Å². The molecule has 3 N–H and O–H groups in total. The Morgan fingerprint density at radius 2 is 2.08 bits per heavy atom. The summed E-state index contributed by atoms with van der Waals surface area (Å²) in [6.07, 6.45) is 13.5. The predicted molar refractivity (Wildman–Crippen MR) is 149 cm³/mol. The number of hydrogen-bond acceptors (Lipinski definition) is 4. The zero-order chi connectivity index (χ0) is 26.8. The van der Waals surface area contributed by atoms with E-state index in [0.717, 1.165) is 36.1 Å². The molecule has 0 heterocycles. The molecule has 2 aromatic carbocycles. The van der Waals surface area contributed by atoms with E-state index in [0.29, 0.717) is 17.9 Å². The Bertz CT molecular complexity index is 1210. The van der Waals surface area contributed by atoms with Gasteiger partial charge in [-0.1, -0.05) is 49.2 Å². The Labute approximate surface area is 219 Å². The minimum atomic E-state index is -0.411. The predicted octanol–water partition coefficient (Wildman–Crippen LogP) is 6.65. The van der Waals surface area contributed by atoms with Gasteiger partial charge in [0.15, 0.2) is 0 Å². The zero-order valence-electron chi connectivity index (χ0n) is 21.8. The second-order valence-corrected chi connectivity index (χ2v) is 9.80. The summed E-state index contributed by atoms with van der Waals surface area (Å²) in [6.45, 7) is 6.38. The van der Waals surface area contributed by atoms with E-state index in [1.54, 1.807) is 12.1 Å². The summed E-state index contributed by atoms with van der Waals surface area (Å²) in [5, 5.41) is 14.2. The fourth-order valence-corrected chi connectivity index (χ4v) is 4.30. The third kappa shape index (κ3) is 7.57. The molecule has 0 saturated heterocycles. The third-order valence-electron chi connectivity index (χ3n) is 6.73. The van der Waals surface area contributed by atoms with Gasteiger partial charge in [-0.15, -0.1) is 12.3 Å². The van der Waals surface area contributed by atoms with E-state index in [9.17, 15) is 9.18 Å². The number of hydrogen-bond donors (Lipinski definition) is 3. The van der Waals surface area contributed by atoms with E-state index in [4.69, 9.17) is 16.6 Å². The second-order valence-electron chi connectivity index (χ2n) is 9.80. The molecule has 2 atom stereocenters. The highest BCUT2D eigenvalue weighted by molar-refractivity contribution is 5.86. The van der Waals surface area contributed by atoms with Crippen LogP contribution in [0.4, 0.5) is 10.1 Å². The normalized spacial score (nSPS) is 16.2. The number of allylic oxidation sites excluding steroid dienone is 3. The maximum atomic E-state index is 13.6. The van der Waals surface area contributed by atoms with Crippen LogP contribution in [-0.2, 0) is 4.79 Å². The molecule has 1 aliphatic carbocycles. The summed E-state index contributed by atoms with van der Waals surface area (Å²) in [4.78, 5) is 12.9. The fourth-order valence-electron chi connectivity index (χ4n) is 4.30. The van der Waals surface area contributed by atoms with Crippen molar-refractivity contribution < 1.29 is 13.9 Å². The largest absolute Gasteiger partial charge is 0.484 e. The van der Waals surface area contributed by atoms with Crippen molar-refractivity contribution in [1.82, 2.24) is 5.32 Å². The van der Waals surface area contributed by atoms with Crippen molar-refractivity contribution >= 4 is 17.8 Å². The average molecular weight is 502 g/mol. The van der Waals surface area contributed by atoms with Crippen LogP contribution in [0.2, 0.25) is 0 Å². The highest BCUT2D eigenvalue weighted by atomic mass is 19.1. The zero-order valence-corrected chi connectivity index (χ0v) is 21.8. The molecule has 0 aromatic heterocycles. The molecule has 1 fully saturated rings. The molecular formula is C31H36FN3O2. The Morgan fingerprint density at radius 1 is 1.30 bits per heavy atom. The molecule has 5 nitrogen and oxygen atoms in total. The lowest BCUT2D eigenvalue weighted by molar-refractivity contribution is -0.135. The van der Waals surface area contributed by atoms with Crippen molar-refractivity contribution in [2.75, 3.05) is 11.9 Å². The van der Waals surface area contributed by atoms with Crippen LogP contribution in [0.3, 0.4) is 0 Å². The number of carbonyl (C=O) groups excluding carboxylic acids is 1. The van der Waals surface area contributed by atoms with E-state index in [2.05, 4.69) is 22.6 Å². The lowest BCUT2D eigenvalue weighted by Crippen LogP contribution is -2.49. The van der Waals surface area contributed by atoms with Gasteiger partial charge >= 0.3 is 0 Å². The van der Waals surface area contributed by atoms with Crippen molar-refractivity contribution in [3.8, 4) is 18.1 Å². The second kappa shape index (κ2) is 12.9. The smallest absolute Gasteiger partial charge is 0.226 e. The van der Waals surface area contributed by atoms with Gasteiger partial charge < -0.3 is 20.8 Å². The van der Waals surface area contributed by atoms with Crippen LogP contribution in [0.25, 0.3) is 0 Å². The van der Waals surface area contributed by atoms with Crippen molar-refractivity contribution in [2.24, 2.45) is 5.41 Å². The lowest BCUT2D eigenvalue weighted by atomic mass is 9.69. The number of halogens is 1. The fraction of sp³-hybridized carbons (Fsp3) is 0.355. The highest BCUT2D eigenvalue weighted by Crippen LogP contribution is 2.41. The summed E-state index contributed by atoms with van der Waals surface area (Å²) < 4.78 is 20.0. The number of aryl methyl sites for hydroxylation is 1. The maximum Gasteiger partial charge on any atom is 0.226 e. The van der Waals surface area contributed by atoms with Gasteiger partial charge in [0.05, 0.1) is 6.04 Å². The minimum absolute atomic E-state index is 0.0610. The van der Waals surface area contributed by atoms with E-state index in [1.807, 2.05) is 51.1 Å².